The number of rotatable bonds is 7. The van der Waals surface area contributed by atoms with Crippen molar-refractivity contribution >= 4 is 27.3 Å². The van der Waals surface area contributed by atoms with Crippen LogP contribution in [0.1, 0.15) is 28.8 Å². The third-order valence-corrected chi connectivity index (χ3v) is 6.62. The molecule has 1 aliphatic heterocycles. The summed E-state index contributed by atoms with van der Waals surface area (Å²) in [5.41, 5.74) is 3.05. The zero-order chi connectivity index (χ0) is 21.7. The fourth-order valence-corrected chi connectivity index (χ4v) is 4.56. The first kappa shape index (κ1) is 20.9. The maximum Gasteiger partial charge on any atom is 0.261 e. The Morgan fingerprint density at radius 1 is 0.903 bits per heavy atom. The highest BCUT2D eigenvalue weighted by atomic mass is 32.2. The third kappa shape index (κ3) is 5.21. The summed E-state index contributed by atoms with van der Waals surface area (Å²) in [4.78, 5) is 18.8. The van der Waals surface area contributed by atoms with Gasteiger partial charge in [-0.15, -0.1) is 0 Å². The van der Waals surface area contributed by atoms with Crippen molar-refractivity contribution in [2.75, 3.05) is 22.7 Å². The molecule has 1 aromatic heterocycles. The summed E-state index contributed by atoms with van der Waals surface area (Å²) in [5, 5.41) is 2.88. The minimum atomic E-state index is -3.74. The smallest absolute Gasteiger partial charge is 0.261 e. The summed E-state index contributed by atoms with van der Waals surface area (Å²) in [7, 11) is -3.74. The molecule has 0 atom stereocenters. The summed E-state index contributed by atoms with van der Waals surface area (Å²) in [6.45, 7) is 2.60. The van der Waals surface area contributed by atoms with Gasteiger partial charge >= 0.3 is 0 Å². The molecule has 0 radical (unpaired) electrons. The van der Waals surface area contributed by atoms with E-state index in [9.17, 15) is 13.2 Å². The van der Waals surface area contributed by atoms with Gasteiger partial charge in [-0.05, 0) is 66.9 Å². The molecule has 31 heavy (non-hydrogen) atoms. The van der Waals surface area contributed by atoms with Crippen LogP contribution in [0.15, 0.2) is 78.0 Å². The number of nitrogens with one attached hydrogen (secondary N) is 2. The zero-order valence-electron chi connectivity index (χ0n) is 17.0. The third-order valence-electron chi connectivity index (χ3n) is 5.22. The summed E-state index contributed by atoms with van der Waals surface area (Å²) in [6.07, 6.45) is 5.48. The van der Waals surface area contributed by atoms with Crippen LogP contribution in [-0.4, -0.2) is 32.4 Å². The molecule has 2 aromatic carbocycles. The van der Waals surface area contributed by atoms with Crippen LogP contribution < -0.4 is 14.9 Å². The first-order valence-corrected chi connectivity index (χ1v) is 11.6. The van der Waals surface area contributed by atoms with Gasteiger partial charge in [-0.3, -0.25) is 14.5 Å². The lowest BCUT2D eigenvalue weighted by Crippen LogP contribution is -2.23. The van der Waals surface area contributed by atoms with Crippen molar-refractivity contribution in [3.05, 3.63) is 84.2 Å². The number of benzene rings is 2. The van der Waals surface area contributed by atoms with E-state index in [1.165, 1.54) is 55.2 Å². The van der Waals surface area contributed by atoms with Crippen molar-refractivity contribution in [3.8, 4) is 0 Å². The first-order chi connectivity index (χ1) is 15.0. The molecule has 2 heterocycles. The summed E-state index contributed by atoms with van der Waals surface area (Å²) >= 11 is 0. The fraction of sp³-hybridized carbons (Fsp3) is 0.217. The van der Waals surface area contributed by atoms with E-state index in [0.717, 1.165) is 18.7 Å². The van der Waals surface area contributed by atoms with Crippen LogP contribution in [0.4, 0.5) is 11.4 Å². The Morgan fingerprint density at radius 2 is 1.55 bits per heavy atom. The Morgan fingerprint density at radius 3 is 2.19 bits per heavy atom. The molecular weight excluding hydrogens is 412 g/mol. The van der Waals surface area contributed by atoms with Crippen molar-refractivity contribution < 1.29 is 13.2 Å². The second-order valence-corrected chi connectivity index (χ2v) is 9.09. The molecule has 0 unspecified atom stereocenters. The van der Waals surface area contributed by atoms with Gasteiger partial charge < -0.3 is 10.2 Å². The predicted octanol–water partition coefficient (Wildman–Crippen LogP) is 3.41. The van der Waals surface area contributed by atoms with E-state index >= 15 is 0 Å². The zero-order valence-corrected chi connectivity index (χ0v) is 17.8. The minimum absolute atomic E-state index is 0.0818. The monoisotopic (exact) mass is 436 g/mol. The Labute approximate surface area is 182 Å². The van der Waals surface area contributed by atoms with E-state index in [-0.39, 0.29) is 10.8 Å². The van der Waals surface area contributed by atoms with Crippen LogP contribution in [0.25, 0.3) is 0 Å². The lowest BCUT2D eigenvalue weighted by molar-refractivity contribution is 0.0951. The highest BCUT2D eigenvalue weighted by molar-refractivity contribution is 7.92. The maximum absolute atomic E-state index is 12.5. The van der Waals surface area contributed by atoms with Crippen molar-refractivity contribution in [1.82, 2.24) is 10.3 Å². The first-order valence-electron chi connectivity index (χ1n) is 10.2. The average Bonchev–Trinajstić information content (AvgIpc) is 3.33. The number of pyridine rings is 1. The van der Waals surface area contributed by atoms with Gasteiger partial charge in [-0.1, -0.05) is 12.1 Å². The van der Waals surface area contributed by atoms with Gasteiger partial charge in [-0.2, -0.15) is 0 Å². The van der Waals surface area contributed by atoms with Gasteiger partial charge in [0.1, 0.15) is 0 Å². The number of carbonyl (C=O) groups excluding carboxylic acids is 1. The Kier molecular flexibility index (Phi) is 6.18. The highest BCUT2D eigenvalue weighted by Gasteiger charge is 2.15. The minimum Gasteiger partial charge on any atom is -0.372 e. The quantitative estimate of drug-likeness (QED) is 0.592. The van der Waals surface area contributed by atoms with E-state index in [1.54, 1.807) is 12.1 Å². The number of hydrogen-bond donors (Lipinski definition) is 2. The Balaban J connectivity index is 1.35. The van der Waals surface area contributed by atoms with Gasteiger partial charge in [-0.25, -0.2) is 8.42 Å². The predicted molar refractivity (Wildman–Crippen MR) is 121 cm³/mol. The number of nitrogens with zero attached hydrogens (tertiary/aromatic N) is 2. The van der Waals surface area contributed by atoms with Gasteiger partial charge in [0.25, 0.3) is 15.9 Å². The molecule has 3 aromatic rings. The molecule has 0 bridgehead atoms. The number of sulfonamides is 1. The van der Waals surface area contributed by atoms with Crippen LogP contribution in [-0.2, 0) is 16.6 Å². The molecule has 2 N–H and O–H groups in total. The number of carbonyl (C=O) groups is 1. The number of amides is 1. The van der Waals surface area contributed by atoms with Crippen molar-refractivity contribution in [2.24, 2.45) is 0 Å². The van der Waals surface area contributed by atoms with E-state index in [2.05, 4.69) is 32.1 Å². The topological polar surface area (TPSA) is 91.4 Å². The Hall–Kier alpha value is -3.39. The molecule has 7 nitrogen and oxygen atoms in total. The lowest BCUT2D eigenvalue weighted by Gasteiger charge is -2.17. The summed E-state index contributed by atoms with van der Waals surface area (Å²) < 4.78 is 27.4. The maximum atomic E-state index is 12.5. The summed E-state index contributed by atoms with van der Waals surface area (Å²) in [6, 6.07) is 17.2. The molecule has 0 spiro atoms. The normalized spacial score (nSPS) is 13.7. The molecule has 1 saturated heterocycles. The molecule has 0 aliphatic carbocycles. The molecule has 1 fully saturated rings. The van der Waals surface area contributed by atoms with Crippen LogP contribution in [0.2, 0.25) is 0 Å². The molecule has 1 aliphatic rings. The second-order valence-electron chi connectivity index (χ2n) is 7.41. The molecule has 160 valence electrons. The van der Waals surface area contributed by atoms with Crippen LogP contribution in [0.3, 0.4) is 0 Å². The van der Waals surface area contributed by atoms with Gasteiger partial charge in [0, 0.05) is 43.3 Å². The lowest BCUT2D eigenvalue weighted by atomic mass is 10.1. The van der Waals surface area contributed by atoms with Crippen LogP contribution in [0, 0.1) is 0 Å². The van der Waals surface area contributed by atoms with E-state index in [0.29, 0.717) is 17.8 Å². The van der Waals surface area contributed by atoms with Crippen molar-refractivity contribution in [1.29, 1.82) is 0 Å². The molecule has 4 rings (SSSR count). The van der Waals surface area contributed by atoms with Gasteiger partial charge in [0.2, 0.25) is 0 Å². The average molecular weight is 437 g/mol. The largest absolute Gasteiger partial charge is 0.372 e. The van der Waals surface area contributed by atoms with E-state index in [4.69, 9.17) is 0 Å². The van der Waals surface area contributed by atoms with E-state index < -0.39 is 10.0 Å². The number of anilines is 2. The standard InChI is InChI=1S/C23H24N4O3S/c28-23(25-17-18-3-7-21(8-4-18)27-15-1-2-16-27)19-5-9-22(10-6-19)31(29,30)26-20-11-13-24-14-12-20/h3-14H,1-2,15-17H2,(H,24,26)(H,25,28). The number of aromatic nitrogens is 1. The van der Waals surface area contributed by atoms with Crippen molar-refractivity contribution in [3.63, 3.8) is 0 Å². The highest BCUT2D eigenvalue weighted by Crippen LogP contribution is 2.20. The molecule has 1 amide bonds. The van der Waals surface area contributed by atoms with E-state index in [1.807, 2.05) is 12.1 Å². The Bertz CT molecular complexity index is 1130. The van der Waals surface area contributed by atoms with Crippen LogP contribution >= 0.6 is 0 Å². The molecule has 0 saturated carbocycles. The van der Waals surface area contributed by atoms with Crippen molar-refractivity contribution in [2.45, 2.75) is 24.3 Å². The van der Waals surface area contributed by atoms with Crippen LogP contribution in [0.5, 0.6) is 0 Å². The number of hydrogen-bond acceptors (Lipinski definition) is 5. The van der Waals surface area contributed by atoms with Gasteiger partial charge in [0.05, 0.1) is 10.6 Å². The SMILES string of the molecule is O=C(NCc1ccc(N2CCCC2)cc1)c1ccc(S(=O)(=O)Nc2ccncc2)cc1. The summed E-state index contributed by atoms with van der Waals surface area (Å²) in [5.74, 6) is -0.255. The fourth-order valence-electron chi connectivity index (χ4n) is 3.50. The second kappa shape index (κ2) is 9.18. The molecule has 8 heteroatoms. The molecular formula is C23H24N4O3S. The van der Waals surface area contributed by atoms with Gasteiger partial charge in [0.15, 0.2) is 0 Å².